The Labute approximate surface area is 165 Å². The van der Waals surface area contributed by atoms with Gasteiger partial charge in [-0.2, -0.15) is 0 Å². The van der Waals surface area contributed by atoms with Crippen molar-refractivity contribution in [2.24, 2.45) is 0 Å². The third-order valence-corrected chi connectivity index (χ3v) is 5.89. The van der Waals surface area contributed by atoms with Gasteiger partial charge in [0.05, 0.1) is 6.54 Å². The first-order valence-corrected chi connectivity index (χ1v) is 9.73. The number of nitrogens with one attached hydrogen (secondary N) is 1. The van der Waals surface area contributed by atoms with Crippen LogP contribution in [0, 0.1) is 0 Å². The summed E-state index contributed by atoms with van der Waals surface area (Å²) in [5.41, 5.74) is 2.61. The molecule has 138 valence electrons. The molecule has 1 atom stereocenters. The lowest BCUT2D eigenvalue weighted by Gasteiger charge is -2.23. The van der Waals surface area contributed by atoms with Gasteiger partial charge in [-0.15, -0.1) is 0 Å². The number of Topliss-reactive ketones (excluding diaryl/α,β-unsaturated/α-hetero) is 1. The second-order valence-corrected chi connectivity index (χ2v) is 8.13. The van der Waals surface area contributed by atoms with Gasteiger partial charge in [0.1, 0.15) is 5.54 Å². The Kier molecular flexibility index (Phi) is 4.38. The summed E-state index contributed by atoms with van der Waals surface area (Å²) in [6, 6.07) is 12.3. The van der Waals surface area contributed by atoms with Gasteiger partial charge in [0.15, 0.2) is 5.78 Å². The summed E-state index contributed by atoms with van der Waals surface area (Å²) in [4.78, 5) is 39.1. The highest BCUT2D eigenvalue weighted by Gasteiger charge is 2.49. The van der Waals surface area contributed by atoms with Crippen LogP contribution < -0.4 is 5.32 Å². The highest BCUT2D eigenvalue weighted by molar-refractivity contribution is 9.10. The topological polar surface area (TPSA) is 66.5 Å². The molecule has 1 unspecified atom stereocenters. The lowest BCUT2D eigenvalue weighted by Crippen LogP contribution is -2.41. The Balaban J connectivity index is 1.59. The van der Waals surface area contributed by atoms with Gasteiger partial charge in [0.25, 0.3) is 5.91 Å². The van der Waals surface area contributed by atoms with Gasteiger partial charge in [-0.3, -0.25) is 14.5 Å². The minimum Gasteiger partial charge on any atom is -0.319 e. The van der Waals surface area contributed by atoms with Crippen LogP contribution in [0.25, 0.3) is 0 Å². The molecule has 0 spiro atoms. The molecule has 1 aliphatic heterocycles. The van der Waals surface area contributed by atoms with Crippen molar-refractivity contribution >= 4 is 33.7 Å². The maximum Gasteiger partial charge on any atom is 0.325 e. The molecule has 0 saturated carbocycles. The van der Waals surface area contributed by atoms with Gasteiger partial charge in [0, 0.05) is 10.0 Å². The van der Waals surface area contributed by atoms with Gasteiger partial charge in [0.2, 0.25) is 0 Å². The van der Waals surface area contributed by atoms with Crippen molar-refractivity contribution in [3.05, 3.63) is 69.2 Å². The first-order chi connectivity index (χ1) is 12.9. The third-order valence-electron chi connectivity index (χ3n) is 5.40. The smallest absolute Gasteiger partial charge is 0.319 e. The van der Waals surface area contributed by atoms with Crippen molar-refractivity contribution in [1.82, 2.24) is 10.2 Å². The molecule has 1 aliphatic carbocycles. The molecule has 3 amide bonds. The maximum atomic E-state index is 13.1. The van der Waals surface area contributed by atoms with E-state index in [0.29, 0.717) is 5.56 Å². The molecule has 2 aromatic carbocycles. The van der Waals surface area contributed by atoms with Crippen LogP contribution >= 0.6 is 15.9 Å². The summed E-state index contributed by atoms with van der Waals surface area (Å²) in [5, 5.41) is 2.78. The number of benzene rings is 2. The molecule has 4 rings (SSSR count). The summed E-state index contributed by atoms with van der Waals surface area (Å²) in [6.45, 7) is 1.43. The predicted molar refractivity (Wildman–Crippen MR) is 105 cm³/mol. The van der Waals surface area contributed by atoms with E-state index in [0.717, 1.165) is 34.2 Å². The minimum absolute atomic E-state index is 0.276. The molecule has 6 heteroatoms. The Morgan fingerprint density at radius 1 is 1.15 bits per heavy atom. The number of carbonyl (C=O) groups excluding carboxylic acids is 3. The fourth-order valence-electron chi connectivity index (χ4n) is 3.82. The van der Waals surface area contributed by atoms with Crippen LogP contribution in [0.2, 0.25) is 0 Å². The van der Waals surface area contributed by atoms with E-state index in [9.17, 15) is 14.4 Å². The molecular weight excluding hydrogens is 408 g/mol. The number of halogens is 1. The number of rotatable bonds is 4. The van der Waals surface area contributed by atoms with Gasteiger partial charge < -0.3 is 5.32 Å². The highest BCUT2D eigenvalue weighted by Crippen LogP contribution is 2.32. The van der Waals surface area contributed by atoms with Crippen molar-refractivity contribution in [3.63, 3.8) is 0 Å². The van der Waals surface area contributed by atoms with Gasteiger partial charge in [-0.05, 0) is 55.0 Å². The van der Waals surface area contributed by atoms with Gasteiger partial charge >= 0.3 is 6.03 Å². The van der Waals surface area contributed by atoms with E-state index in [2.05, 4.69) is 21.2 Å². The van der Waals surface area contributed by atoms with E-state index in [1.54, 1.807) is 25.1 Å². The summed E-state index contributed by atoms with van der Waals surface area (Å²) < 4.78 is 0.772. The molecule has 1 heterocycles. The molecule has 0 radical (unpaired) electrons. The minimum atomic E-state index is -1.15. The van der Waals surface area contributed by atoms with Gasteiger partial charge in [-0.1, -0.05) is 46.3 Å². The number of fused-ring (bicyclic) bond motifs is 1. The monoisotopic (exact) mass is 426 g/mol. The Hall–Kier alpha value is -2.47. The number of aryl methyl sites for hydroxylation is 2. The zero-order chi connectivity index (χ0) is 19.2. The second-order valence-electron chi connectivity index (χ2n) is 7.22. The lowest BCUT2D eigenvalue weighted by molar-refractivity contribution is -0.130. The third kappa shape index (κ3) is 3.08. The highest BCUT2D eigenvalue weighted by atomic mass is 79.9. The average molecular weight is 427 g/mol. The molecule has 0 aromatic heterocycles. The van der Waals surface area contributed by atoms with Crippen molar-refractivity contribution in [2.75, 3.05) is 6.54 Å². The average Bonchev–Trinajstić information content (AvgIpc) is 3.20. The van der Waals surface area contributed by atoms with Crippen LogP contribution in [-0.2, 0) is 23.2 Å². The predicted octanol–water partition coefficient (Wildman–Crippen LogP) is 3.59. The molecular formula is C21H19BrN2O3. The molecule has 1 fully saturated rings. The van der Waals surface area contributed by atoms with E-state index < -0.39 is 17.5 Å². The first kappa shape index (κ1) is 17.9. The molecule has 27 heavy (non-hydrogen) atoms. The maximum absolute atomic E-state index is 13.1. The molecule has 2 aromatic rings. The first-order valence-electron chi connectivity index (χ1n) is 8.93. The number of urea groups is 1. The number of nitrogens with zero attached hydrogens (tertiary/aromatic N) is 1. The van der Waals surface area contributed by atoms with Crippen LogP contribution in [0.4, 0.5) is 4.79 Å². The largest absolute Gasteiger partial charge is 0.325 e. The molecule has 1 saturated heterocycles. The van der Waals surface area contributed by atoms with E-state index in [1.165, 1.54) is 11.1 Å². The number of hydrogen-bond acceptors (Lipinski definition) is 3. The van der Waals surface area contributed by atoms with E-state index >= 15 is 0 Å². The van der Waals surface area contributed by atoms with Crippen molar-refractivity contribution in [3.8, 4) is 0 Å². The van der Waals surface area contributed by atoms with Crippen LogP contribution in [0.3, 0.4) is 0 Å². The quantitative estimate of drug-likeness (QED) is 0.599. The van der Waals surface area contributed by atoms with Gasteiger partial charge in [-0.25, -0.2) is 4.79 Å². The number of hydrogen-bond donors (Lipinski definition) is 1. The Morgan fingerprint density at radius 3 is 2.70 bits per heavy atom. The van der Waals surface area contributed by atoms with Crippen LogP contribution in [-0.4, -0.2) is 29.2 Å². The second kappa shape index (κ2) is 6.60. The summed E-state index contributed by atoms with van der Waals surface area (Å²) >= 11 is 3.33. The summed E-state index contributed by atoms with van der Waals surface area (Å²) in [5.74, 6) is -0.674. The van der Waals surface area contributed by atoms with E-state index in [-0.39, 0.29) is 12.3 Å². The SMILES string of the molecule is CC1(c2ccc3c(c2)CCC3)NC(=O)N(CC(=O)c2cccc(Br)c2)C1=O. The van der Waals surface area contributed by atoms with Crippen LogP contribution in [0.1, 0.15) is 40.4 Å². The van der Waals surface area contributed by atoms with E-state index in [4.69, 9.17) is 0 Å². The number of amides is 3. The standard InChI is InChI=1S/C21H19BrN2O3/c1-21(16-9-8-13-4-2-5-14(13)10-16)19(26)24(20(27)23-21)12-18(25)15-6-3-7-17(22)11-15/h3,6-11H,2,4-5,12H2,1H3,(H,23,27). The fourth-order valence-corrected chi connectivity index (χ4v) is 4.22. The summed E-state index contributed by atoms with van der Waals surface area (Å²) in [6.07, 6.45) is 3.16. The number of imide groups is 1. The fraction of sp³-hybridized carbons (Fsp3) is 0.286. The molecule has 5 nitrogen and oxygen atoms in total. The number of ketones is 1. The van der Waals surface area contributed by atoms with Crippen LogP contribution in [0.5, 0.6) is 0 Å². The molecule has 2 aliphatic rings. The van der Waals surface area contributed by atoms with Crippen molar-refractivity contribution in [2.45, 2.75) is 31.7 Å². The lowest BCUT2D eigenvalue weighted by atomic mass is 9.89. The number of carbonyl (C=O) groups is 3. The zero-order valence-corrected chi connectivity index (χ0v) is 16.5. The normalized spacial score (nSPS) is 21.3. The Bertz CT molecular complexity index is 972. The van der Waals surface area contributed by atoms with Crippen molar-refractivity contribution < 1.29 is 14.4 Å². The molecule has 0 bridgehead atoms. The van der Waals surface area contributed by atoms with E-state index in [1.807, 2.05) is 24.3 Å². The molecule has 1 N–H and O–H groups in total. The summed E-state index contributed by atoms with van der Waals surface area (Å²) in [7, 11) is 0. The van der Waals surface area contributed by atoms with Crippen LogP contribution in [0.15, 0.2) is 46.9 Å². The Morgan fingerprint density at radius 2 is 1.93 bits per heavy atom. The zero-order valence-electron chi connectivity index (χ0n) is 14.9. The van der Waals surface area contributed by atoms with Crippen molar-refractivity contribution in [1.29, 1.82) is 0 Å².